The molecule has 0 amide bonds. The summed E-state index contributed by atoms with van der Waals surface area (Å²) >= 11 is 0. The van der Waals surface area contributed by atoms with Crippen LogP contribution in [0.2, 0.25) is 0 Å². The van der Waals surface area contributed by atoms with Crippen molar-refractivity contribution >= 4 is 10.0 Å². The molecule has 6 heteroatoms. The molecule has 118 valence electrons. The van der Waals surface area contributed by atoms with Gasteiger partial charge in [-0.2, -0.15) is 4.31 Å². The molecule has 2 rings (SSSR count). The molecule has 0 bridgehead atoms. The lowest BCUT2D eigenvalue weighted by molar-refractivity contribution is 0.395. The third kappa shape index (κ3) is 3.18. The first-order chi connectivity index (χ1) is 10.2. The zero-order valence-corrected chi connectivity index (χ0v) is 13.4. The molecule has 0 N–H and O–H groups in total. The number of hydrogen-bond acceptors (Lipinski definition) is 2. The van der Waals surface area contributed by atoms with Crippen molar-refractivity contribution in [3.05, 3.63) is 65.2 Å². The van der Waals surface area contributed by atoms with Crippen molar-refractivity contribution < 1.29 is 17.2 Å². The second-order valence-electron chi connectivity index (χ2n) is 5.18. The Morgan fingerprint density at radius 2 is 1.59 bits per heavy atom. The van der Waals surface area contributed by atoms with Gasteiger partial charge in [-0.15, -0.1) is 0 Å². The van der Waals surface area contributed by atoms with Crippen LogP contribution in [0.15, 0.2) is 47.4 Å². The Hall–Kier alpha value is -1.79. The molecule has 0 spiro atoms. The molecule has 0 saturated heterocycles. The topological polar surface area (TPSA) is 37.4 Å². The Morgan fingerprint density at radius 1 is 1.00 bits per heavy atom. The van der Waals surface area contributed by atoms with E-state index in [9.17, 15) is 17.2 Å². The third-order valence-electron chi connectivity index (χ3n) is 3.67. The summed E-state index contributed by atoms with van der Waals surface area (Å²) < 4.78 is 52.6. The minimum Gasteiger partial charge on any atom is -0.207 e. The highest BCUT2D eigenvalue weighted by Crippen LogP contribution is 2.26. The summed E-state index contributed by atoms with van der Waals surface area (Å²) in [5, 5.41) is 0. The van der Waals surface area contributed by atoms with Crippen molar-refractivity contribution in [3.63, 3.8) is 0 Å². The summed E-state index contributed by atoms with van der Waals surface area (Å²) in [6, 6.07) is 9.24. The summed E-state index contributed by atoms with van der Waals surface area (Å²) in [5.74, 6) is -1.95. The second-order valence-corrected chi connectivity index (χ2v) is 7.18. The van der Waals surface area contributed by atoms with Gasteiger partial charge in [0.1, 0.15) is 0 Å². The van der Waals surface area contributed by atoms with Crippen LogP contribution in [0.25, 0.3) is 0 Å². The molecule has 0 fully saturated rings. The maximum absolute atomic E-state index is 13.3. The summed E-state index contributed by atoms with van der Waals surface area (Å²) in [7, 11) is -2.29. The van der Waals surface area contributed by atoms with E-state index in [2.05, 4.69) is 0 Å². The standard InChI is InChI=1S/C16H17F2NO2S/c1-11-4-7-14(8-5-11)22(20,21)19(3)12(2)13-6-9-15(17)16(18)10-13/h4-10,12H,1-3H3. The van der Waals surface area contributed by atoms with Crippen molar-refractivity contribution in [3.8, 4) is 0 Å². The Balaban J connectivity index is 2.34. The molecule has 0 heterocycles. The monoisotopic (exact) mass is 325 g/mol. The van der Waals surface area contributed by atoms with Crippen LogP contribution in [-0.4, -0.2) is 19.8 Å². The molecular formula is C16H17F2NO2S. The van der Waals surface area contributed by atoms with Crippen LogP contribution in [0.3, 0.4) is 0 Å². The Labute approximate surface area is 129 Å². The fourth-order valence-electron chi connectivity index (χ4n) is 2.07. The Kier molecular flexibility index (Phi) is 4.63. The maximum Gasteiger partial charge on any atom is 0.243 e. The molecule has 1 unspecified atom stereocenters. The van der Waals surface area contributed by atoms with Gasteiger partial charge in [0.05, 0.1) is 4.90 Å². The smallest absolute Gasteiger partial charge is 0.207 e. The molecule has 0 radical (unpaired) electrons. The van der Waals surface area contributed by atoms with Gasteiger partial charge in [-0.1, -0.05) is 23.8 Å². The first-order valence-corrected chi connectivity index (χ1v) is 8.17. The second kappa shape index (κ2) is 6.14. The lowest BCUT2D eigenvalue weighted by Crippen LogP contribution is -2.29. The van der Waals surface area contributed by atoms with Crippen LogP contribution in [-0.2, 0) is 10.0 Å². The average Bonchev–Trinajstić information content (AvgIpc) is 2.49. The number of benzene rings is 2. The van der Waals surface area contributed by atoms with Crippen LogP contribution >= 0.6 is 0 Å². The minimum atomic E-state index is -3.71. The fourth-order valence-corrected chi connectivity index (χ4v) is 3.42. The van der Waals surface area contributed by atoms with Gasteiger partial charge in [-0.3, -0.25) is 0 Å². The van der Waals surface area contributed by atoms with Crippen LogP contribution < -0.4 is 0 Å². The van der Waals surface area contributed by atoms with Crippen LogP contribution in [0.4, 0.5) is 8.78 Å². The van der Waals surface area contributed by atoms with Crippen LogP contribution in [0.5, 0.6) is 0 Å². The molecule has 22 heavy (non-hydrogen) atoms. The summed E-state index contributed by atoms with van der Waals surface area (Å²) in [4.78, 5) is 0.162. The van der Waals surface area contributed by atoms with Gasteiger partial charge in [0, 0.05) is 13.1 Å². The van der Waals surface area contributed by atoms with E-state index in [1.54, 1.807) is 19.1 Å². The maximum atomic E-state index is 13.3. The predicted octanol–water partition coefficient (Wildman–Crippen LogP) is 3.65. The van der Waals surface area contributed by atoms with Gasteiger partial charge in [0.15, 0.2) is 11.6 Å². The number of sulfonamides is 1. The average molecular weight is 325 g/mol. The molecule has 0 aliphatic heterocycles. The van der Waals surface area contributed by atoms with Crippen molar-refractivity contribution in [1.29, 1.82) is 0 Å². The fraction of sp³-hybridized carbons (Fsp3) is 0.250. The molecule has 3 nitrogen and oxygen atoms in total. The van der Waals surface area contributed by atoms with Crippen molar-refractivity contribution in [1.82, 2.24) is 4.31 Å². The van der Waals surface area contributed by atoms with Gasteiger partial charge < -0.3 is 0 Å². The number of hydrogen-bond donors (Lipinski definition) is 0. The largest absolute Gasteiger partial charge is 0.243 e. The van der Waals surface area contributed by atoms with E-state index in [1.807, 2.05) is 6.92 Å². The van der Waals surface area contributed by atoms with Gasteiger partial charge >= 0.3 is 0 Å². The first-order valence-electron chi connectivity index (χ1n) is 6.73. The van der Waals surface area contributed by atoms with Gasteiger partial charge in [0.25, 0.3) is 0 Å². The van der Waals surface area contributed by atoms with E-state index >= 15 is 0 Å². The first kappa shape index (κ1) is 16.6. The number of aryl methyl sites for hydroxylation is 1. The lowest BCUT2D eigenvalue weighted by atomic mass is 10.1. The lowest BCUT2D eigenvalue weighted by Gasteiger charge is -2.25. The molecular weight excluding hydrogens is 308 g/mol. The van der Waals surface area contributed by atoms with E-state index in [0.717, 1.165) is 22.0 Å². The number of rotatable bonds is 4. The molecule has 2 aromatic carbocycles. The Bertz CT molecular complexity index is 773. The highest BCUT2D eigenvalue weighted by molar-refractivity contribution is 7.89. The molecule has 0 aliphatic carbocycles. The van der Waals surface area contributed by atoms with Gasteiger partial charge in [-0.05, 0) is 43.7 Å². The quantitative estimate of drug-likeness (QED) is 0.860. The minimum absolute atomic E-state index is 0.162. The molecule has 0 saturated carbocycles. The van der Waals surface area contributed by atoms with E-state index in [-0.39, 0.29) is 4.90 Å². The summed E-state index contributed by atoms with van der Waals surface area (Å²) in [6.07, 6.45) is 0. The number of halogens is 2. The zero-order valence-electron chi connectivity index (χ0n) is 12.5. The number of nitrogens with zero attached hydrogens (tertiary/aromatic N) is 1. The normalized spacial score (nSPS) is 13.4. The Morgan fingerprint density at radius 3 is 2.14 bits per heavy atom. The van der Waals surface area contributed by atoms with Gasteiger partial charge in [0.2, 0.25) is 10.0 Å². The van der Waals surface area contributed by atoms with Crippen molar-refractivity contribution in [2.24, 2.45) is 0 Å². The van der Waals surface area contributed by atoms with Crippen molar-refractivity contribution in [2.75, 3.05) is 7.05 Å². The molecule has 0 aliphatic rings. The summed E-state index contributed by atoms with van der Waals surface area (Å²) in [6.45, 7) is 3.49. The highest BCUT2D eigenvalue weighted by Gasteiger charge is 2.26. The van der Waals surface area contributed by atoms with Crippen LogP contribution in [0.1, 0.15) is 24.1 Å². The van der Waals surface area contributed by atoms with Gasteiger partial charge in [-0.25, -0.2) is 17.2 Å². The van der Waals surface area contributed by atoms with Crippen LogP contribution in [0, 0.1) is 18.6 Å². The predicted molar refractivity (Wildman–Crippen MR) is 80.9 cm³/mol. The third-order valence-corrected chi connectivity index (χ3v) is 5.61. The molecule has 0 aromatic heterocycles. The van der Waals surface area contributed by atoms with Crippen molar-refractivity contribution in [2.45, 2.75) is 24.8 Å². The molecule has 1 atom stereocenters. The van der Waals surface area contributed by atoms with E-state index < -0.39 is 27.7 Å². The van der Waals surface area contributed by atoms with E-state index in [1.165, 1.54) is 25.2 Å². The van der Waals surface area contributed by atoms with E-state index in [0.29, 0.717) is 5.56 Å². The summed E-state index contributed by atoms with van der Waals surface area (Å²) in [5.41, 5.74) is 1.34. The molecule has 2 aromatic rings. The SMILES string of the molecule is Cc1ccc(S(=O)(=O)N(C)C(C)c2ccc(F)c(F)c2)cc1. The zero-order chi connectivity index (χ0) is 16.5. The highest BCUT2D eigenvalue weighted by atomic mass is 32.2. The van der Waals surface area contributed by atoms with E-state index in [4.69, 9.17) is 0 Å².